The van der Waals surface area contributed by atoms with Gasteiger partial charge in [-0.3, -0.25) is 9.88 Å². The molecule has 0 spiro atoms. The quantitative estimate of drug-likeness (QED) is 0.764. The van der Waals surface area contributed by atoms with Crippen molar-refractivity contribution in [3.8, 4) is 0 Å². The Labute approximate surface area is 160 Å². The zero-order chi connectivity index (χ0) is 18.5. The molecule has 3 aromatic rings. The number of fused-ring (bicyclic) bond motifs is 5. The maximum atomic E-state index is 10.9. The number of aryl methyl sites for hydroxylation is 2. The zero-order valence-corrected chi connectivity index (χ0v) is 16.2. The third-order valence-corrected chi connectivity index (χ3v) is 6.42. The molecule has 4 heteroatoms. The SMILES string of the molecule is Cc1cc(C)c2c(c1)c1c(n2CC(O)c2ccncc2)CCN2CCC[C@H]12. The number of benzene rings is 1. The first-order valence-corrected chi connectivity index (χ1v) is 10.1. The molecule has 1 N–H and O–H groups in total. The molecule has 27 heavy (non-hydrogen) atoms. The number of rotatable bonds is 3. The second-order valence-electron chi connectivity index (χ2n) is 8.19. The molecule has 140 valence electrons. The first-order chi connectivity index (χ1) is 13.1. The normalized spacial score (nSPS) is 20.6. The molecule has 2 aromatic heterocycles. The first kappa shape index (κ1) is 17.0. The molecule has 5 rings (SSSR count). The van der Waals surface area contributed by atoms with Crippen molar-refractivity contribution in [2.24, 2.45) is 0 Å². The van der Waals surface area contributed by atoms with Crippen LogP contribution in [0.15, 0.2) is 36.7 Å². The highest BCUT2D eigenvalue weighted by Gasteiger charge is 2.35. The van der Waals surface area contributed by atoms with Crippen molar-refractivity contribution in [3.05, 3.63) is 64.6 Å². The van der Waals surface area contributed by atoms with Gasteiger partial charge in [0.1, 0.15) is 0 Å². The Hall–Kier alpha value is -2.17. The number of aliphatic hydroxyl groups is 1. The third kappa shape index (κ3) is 2.70. The summed E-state index contributed by atoms with van der Waals surface area (Å²) in [5.74, 6) is 0. The standard InChI is InChI=1S/C23H27N3O/c1-15-12-16(2)23-18(13-15)22-19-4-3-10-25(19)11-7-20(22)26(23)14-21(27)17-5-8-24-9-6-17/h5-6,8-9,12-13,19,21,27H,3-4,7,10-11,14H2,1-2H3/t19-,21?/m1/s1. The van der Waals surface area contributed by atoms with Gasteiger partial charge < -0.3 is 9.67 Å². The minimum Gasteiger partial charge on any atom is -0.387 e. The van der Waals surface area contributed by atoms with Gasteiger partial charge in [0.15, 0.2) is 0 Å². The number of pyridine rings is 1. The summed E-state index contributed by atoms with van der Waals surface area (Å²) in [6.45, 7) is 7.37. The van der Waals surface area contributed by atoms with Gasteiger partial charge in [-0.25, -0.2) is 0 Å². The van der Waals surface area contributed by atoms with E-state index in [9.17, 15) is 5.11 Å². The minimum absolute atomic E-state index is 0.519. The maximum Gasteiger partial charge on any atom is 0.0970 e. The van der Waals surface area contributed by atoms with Crippen LogP contribution in [0.3, 0.4) is 0 Å². The van der Waals surface area contributed by atoms with E-state index in [1.54, 1.807) is 12.4 Å². The lowest BCUT2D eigenvalue weighted by Gasteiger charge is -2.31. The summed E-state index contributed by atoms with van der Waals surface area (Å²) in [5.41, 5.74) is 7.85. The van der Waals surface area contributed by atoms with Crippen molar-refractivity contribution in [2.45, 2.75) is 51.8 Å². The van der Waals surface area contributed by atoms with Gasteiger partial charge in [-0.2, -0.15) is 0 Å². The average molecular weight is 361 g/mol. The fraction of sp³-hybridized carbons (Fsp3) is 0.435. The van der Waals surface area contributed by atoms with Gasteiger partial charge in [0.05, 0.1) is 18.2 Å². The van der Waals surface area contributed by atoms with Crippen molar-refractivity contribution in [3.63, 3.8) is 0 Å². The molecule has 0 bridgehead atoms. The van der Waals surface area contributed by atoms with Crippen LogP contribution in [0, 0.1) is 13.8 Å². The summed E-state index contributed by atoms with van der Waals surface area (Å²) >= 11 is 0. The number of hydrogen-bond donors (Lipinski definition) is 1. The van der Waals surface area contributed by atoms with E-state index in [0.29, 0.717) is 12.6 Å². The molecule has 1 fully saturated rings. The van der Waals surface area contributed by atoms with Crippen molar-refractivity contribution < 1.29 is 5.11 Å². The lowest BCUT2D eigenvalue weighted by atomic mass is 9.94. The van der Waals surface area contributed by atoms with E-state index < -0.39 is 6.10 Å². The summed E-state index contributed by atoms with van der Waals surface area (Å²) in [4.78, 5) is 6.74. The molecule has 4 heterocycles. The highest BCUT2D eigenvalue weighted by Crippen LogP contribution is 2.44. The van der Waals surface area contributed by atoms with E-state index in [2.05, 4.69) is 40.4 Å². The first-order valence-electron chi connectivity index (χ1n) is 10.1. The van der Waals surface area contributed by atoms with E-state index in [4.69, 9.17) is 0 Å². The van der Waals surface area contributed by atoms with E-state index in [1.165, 1.54) is 52.7 Å². The van der Waals surface area contributed by atoms with Crippen LogP contribution in [0.1, 0.15) is 52.9 Å². The Kier molecular flexibility index (Phi) is 4.06. The lowest BCUT2D eigenvalue weighted by Crippen LogP contribution is -2.31. The van der Waals surface area contributed by atoms with Crippen LogP contribution >= 0.6 is 0 Å². The van der Waals surface area contributed by atoms with Gasteiger partial charge in [-0.15, -0.1) is 0 Å². The van der Waals surface area contributed by atoms with E-state index in [-0.39, 0.29) is 0 Å². The molecular weight excluding hydrogens is 334 g/mol. The van der Waals surface area contributed by atoms with Crippen LogP contribution in [0.25, 0.3) is 10.9 Å². The lowest BCUT2D eigenvalue weighted by molar-refractivity contribution is 0.155. The maximum absolute atomic E-state index is 10.9. The van der Waals surface area contributed by atoms with Crippen molar-refractivity contribution in [1.29, 1.82) is 0 Å². The van der Waals surface area contributed by atoms with Gasteiger partial charge >= 0.3 is 0 Å². The molecule has 0 amide bonds. The number of aliphatic hydroxyl groups excluding tert-OH is 1. The van der Waals surface area contributed by atoms with Gasteiger partial charge in [-0.1, -0.05) is 11.6 Å². The van der Waals surface area contributed by atoms with Crippen molar-refractivity contribution in [2.75, 3.05) is 13.1 Å². The fourth-order valence-corrected chi connectivity index (χ4v) is 5.34. The molecule has 2 aliphatic rings. The second kappa shape index (κ2) is 6.47. The van der Waals surface area contributed by atoms with Crippen LogP contribution < -0.4 is 0 Å². The summed E-state index contributed by atoms with van der Waals surface area (Å²) in [5, 5.41) is 12.3. The highest BCUT2D eigenvalue weighted by molar-refractivity contribution is 5.89. The van der Waals surface area contributed by atoms with Crippen LogP contribution in [0.5, 0.6) is 0 Å². The predicted molar refractivity (Wildman–Crippen MR) is 108 cm³/mol. The molecule has 1 saturated heterocycles. The monoisotopic (exact) mass is 361 g/mol. The smallest absolute Gasteiger partial charge is 0.0970 e. The molecule has 2 atom stereocenters. The highest BCUT2D eigenvalue weighted by atomic mass is 16.3. The minimum atomic E-state index is -0.519. The number of aromatic nitrogens is 2. The van der Waals surface area contributed by atoms with E-state index in [1.807, 2.05) is 12.1 Å². The molecule has 0 aliphatic carbocycles. The van der Waals surface area contributed by atoms with Gasteiger partial charge in [0, 0.05) is 42.5 Å². The van der Waals surface area contributed by atoms with Gasteiger partial charge in [0.2, 0.25) is 0 Å². The van der Waals surface area contributed by atoms with Crippen LogP contribution in [-0.2, 0) is 13.0 Å². The molecule has 4 nitrogen and oxygen atoms in total. The Morgan fingerprint density at radius 3 is 2.81 bits per heavy atom. The third-order valence-electron chi connectivity index (χ3n) is 6.42. The Morgan fingerprint density at radius 1 is 1.19 bits per heavy atom. The van der Waals surface area contributed by atoms with Crippen molar-refractivity contribution in [1.82, 2.24) is 14.5 Å². The number of nitrogens with zero attached hydrogens (tertiary/aromatic N) is 3. The van der Waals surface area contributed by atoms with Gasteiger partial charge in [0.25, 0.3) is 0 Å². The average Bonchev–Trinajstić information content (AvgIpc) is 3.25. The van der Waals surface area contributed by atoms with Crippen LogP contribution in [-0.4, -0.2) is 32.6 Å². The molecule has 1 unspecified atom stereocenters. The molecule has 1 aromatic carbocycles. The Balaban J connectivity index is 1.68. The summed E-state index contributed by atoms with van der Waals surface area (Å²) in [6, 6.07) is 9.02. The second-order valence-corrected chi connectivity index (χ2v) is 8.19. The largest absolute Gasteiger partial charge is 0.387 e. The topological polar surface area (TPSA) is 41.3 Å². The molecule has 2 aliphatic heterocycles. The van der Waals surface area contributed by atoms with E-state index >= 15 is 0 Å². The summed E-state index contributed by atoms with van der Waals surface area (Å²) < 4.78 is 2.42. The number of hydrogen-bond acceptors (Lipinski definition) is 3. The summed E-state index contributed by atoms with van der Waals surface area (Å²) in [7, 11) is 0. The molecule has 0 radical (unpaired) electrons. The van der Waals surface area contributed by atoms with Crippen molar-refractivity contribution >= 4 is 10.9 Å². The van der Waals surface area contributed by atoms with Gasteiger partial charge in [-0.05, 0) is 68.1 Å². The summed E-state index contributed by atoms with van der Waals surface area (Å²) in [6.07, 6.45) is 6.62. The Morgan fingerprint density at radius 2 is 2.00 bits per heavy atom. The Bertz CT molecular complexity index is 992. The van der Waals surface area contributed by atoms with Crippen LogP contribution in [0.2, 0.25) is 0 Å². The van der Waals surface area contributed by atoms with E-state index in [0.717, 1.165) is 18.5 Å². The predicted octanol–water partition coefficient (Wildman–Crippen LogP) is 4.08. The molecule has 0 saturated carbocycles. The zero-order valence-electron chi connectivity index (χ0n) is 16.2. The van der Waals surface area contributed by atoms with Crippen LogP contribution in [0.4, 0.5) is 0 Å². The fourth-order valence-electron chi connectivity index (χ4n) is 5.34. The molecular formula is C23H27N3O.